The van der Waals surface area contributed by atoms with Crippen LogP contribution in [0.2, 0.25) is 0 Å². The summed E-state index contributed by atoms with van der Waals surface area (Å²) in [6.45, 7) is 7.96. The summed E-state index contributed by atoms with van der Waals surface area (Å²) in [5.41, 5.74) is 0.606. The van der Waals surface area contributed by atoms with Gasteiger partial charge in [0.25, 0.3) is 0 Å². The molecule has 150 valence electrons. The Hall–Kier alpha value is -1.59. The van der Waals surface area contributed by atoms with Crippen molar-refractivity contribution in [3.05, 3.63) is 29.8 Å². The SMILES string of the molecule is CC(C)N1CCC(Oc2ccc(C3(C(=O)N(C)C)CCOCC3)cc2)CC1. The topological polar surface area (TPSA) is 42.0 Å². The maximum Gasteiger partial charge on any atom is 0.232 e. The zero-order chi connectivity index (χ0) is 19.4. The number of nitrogens with zero attached hydrogens (tertiary/aromatic N) is 2. The van der Waals surface area contributed by atoms with Crippen molar-refractivity contribution in [2.45, 2.75) is 57.1 Å². The van der Waals surface area contributed by atoms with Crippen molar-refractivity contribution in [3.8, 4) is 5.75 Å². The third kappa shape index (κ3) is 4.46. The van der Waals surface area contributed by atoms with E-state index < -0.39 is 5.41 Å². The molecule has 0 N–H and O–H groups in total. The molecule has 2 saturated heterocycles. The van der Waals surface area contributed by atoms with E-state index in [1.165, 1.54) is 0 Å². The predicted octanol–water partition coefficient (Wildman–Crippen LogP) is 3.07. The van der Waals surface area contributed by atoms with E-state index in [9.17, 15) is 4.79 Å². The average molecular weight is 375 g/mol. The number of rotatable bonds is 5. The van der Waals surface area contributed by atoms with Crippen LogP contribution >= 0.6 is 0 Å². The van der Waals surface area contributed by atoms with E-state index in [1.807, 2.05) is 26.2 Å². The molecule has 27 heavy (non-hydrogen) atoms. The van der Waals surface area contributed by atoms with Gasteiger partial charge < -0.3 is 19.3 Å². The lowest BCUT2D eigenvalue weighted by molar-refractivity contribution is -0.138. The summed E-state index contributed by atoms with van der Waals surface area (Å²) in [7, 11) is 3.67. The molecular weight excluding hydrogens is 340 g/mol. The van der Waals surface area contributed by atoms with Gasteiger partial charge in [-0.05, 0) is 57.2 Å². The number of likely N-dealkylation sites (N-methyl/N-ethyl adjacent to an activating group) is 1. The number of piperidine rings is 1. The molecule has 1 aromatic carbocycles. The van der Waals surface area contributed by atoms with Crippen LogP contribution in [-0.4, -0.2) is 68.3 Å². The van der Waals surface area contributed by atoms with Gasteiger partial charge in [0.15, 0.2) is 0 Å². The van der Waals surface area contributed by atoms with Crippen molar-refractivity contribution in [2.24, 2.45) is 0 Å². The molecule has 2 aliphatic heterocycles. The Balaban J connectivity index is 1.68. The van der Waals surface area contributed by atoms with E-state index in [-0.39, 0.29) is 12.0 Å². The van der Waals surface area contributed by atoms with Crippen molar-refractivity contribution in [1.29, 1.82) is 0 Å². The number of ether oxygens (including phenoxy) is 2. The van der Waals surface area contributed by atoms with Gasteiger partial charge in [0.1, 0.15) is 11.9 Å². The first kappa shape index (κ1) is 20.2. The molecule has 3 rings (SSSR count). The third-order valence-corrected chi connectivity index (χ3v) is 6.08. The highest BCUT2D eigenvalue weighted by atomic mass is 16.5. The first-order chi connectivity index (χ1) is 12.9. The van der Waals surface area contributed by atoms with Crippen LogP contribution in [0.1, 0.15) is 45.1 Å². The van der Waals surface area contributed by atoms with E-state index in [1.54, 1.807) is 4.90 Å². The molecule has 0 unspecified atom stereocenters. The van der Waals surface area contributed by atoms with Gasteiger partial charge in [-0.25, -0.2) is 0 Å². The molecule has 1 amide bonds. The average Bonchev–Trinajstić information content (AvgIpc) is 2.69. The summed E-state index contributed by atoms with van der Waals surface area (Å²) < 4.78 is 11.7. The summed E-state index contributed by atoms with van der Waals surface area (Å²) >= 11 is 0. The highest BCUT2D eigenvalue weighted by Crippen LogP contribution is 2.37. The van der Waals surface area contributed by atoms with E-state index in [4.69, 9.17) is 9.47 Å². The van der Waals surface area contributed by atoms with Crippen LogP contribution in [0.25, 0.3) is 0 Å². The van der Waals surface area contributed by atoms with Crippen molar-refractivity contribution >= 4 is 5.91 Å². The molecule has 2 aliphatic rings. The standard InChI is InChI=1S/C22H34N2O3/c1-17(2)24-13-9-20(10-14-24)27-19-7-5-18(6-8-19)22(21(25)23(3)4)11-15-26-16-12-22/h5-8,17,20H,9-16H2,1-4H3. The van der Waals surface area contributed by atoms with Gasteiger partial charge in [-0.15, -0.1) is 0 Å². The fraction of sp³-hybridized carbons (Fsp3) is 0.682. The highest BCUT2D eigenvalue weighted by molar-refractivity contribution is 5.88. The molecule has 0 saturated carbocycles. The summed E-state index contributed by atoms with van der Waals surface area (Å²) in [5.74, 6) is 1.07. The zero-order valence-electron chi connectivity index (χ0n) is 17.2. The minimum atomic E-state index is -0.469. The fourth-order valence-electron chi connectivity index (χ4n) is 4.33. The zero-order valence-corrected chi connectivity index (χ0v) is 17.2. The van der Waals surface area contributed by atoms with Crippen LogP contribution in [0, 0.1) is 0 Å². The van der Waals surface area contributed by atoms with Crippen LogP contribution in [0.4, 0.5) is 0 Å². The van der Waals surface area contributed by atoms with Crippen molar-refractivity contribution in [1.82, 2.24) is 9.80 Å². The van der Waals surface area contributed by atoms with Crippen LogP contribution in [-0.2, 0) is 14.9 Å². The fourth-order valence-corrected chi connectivity index (χ4v) is 4.33. The number of benzene rings is 1. The molecule has 0 radical (unpaired) electrons. The summed E-state index contributed by atoms with van der Waals surface area (Å²) in [6.07, 6.45) is 3.89. The molecule has 0 atom stereocenters. The Bertz CT molecular complexity index is 613. The largest absolute Gasteiger partial charge is 0.490 e. The third-order valence-electron chi connectivity index (χ3n) is 6.08. The molecule has 5 heteroatoms. The minimum absolute atomic E-state index is 0.167. The van der Waals surface area contributed by atoms with Gasteiger partial charge >= 0.3 is 0 Å². The van der Waals surface area contributed by atoms with E-state index in [0.29, 0.717) is 19.3 Å². The molecule has 2 fully saturated rings. The Labute approximate surface area is 163 Å². The number of likely N-dealkylation sites (tertiary alicyclic amines) is 1. The maximum absolute atomic E-state index is 12.9. The lowest BCUT2D eigenvalue weighted by atomic mass is 9.73. The smallest absolute Gasteiger partial charge is 0.232 e. The van der Waals surface area contributed by atoms with Gasteiger partial charge in [-0.3, -0.25) is 4.79 Å². The van der Waals surface area contributed by atoms with Crippen LogP contribution in [0.15, 0.2) is 24.3 Å². The molecule has 0 aromatic heterocycles. The second-order valence-electron chi connectivity index (χ2n) is 8.37. The molecule has 0 bridgehead atoms. The van der Waals surface area contributed by atoms with Gasteiger partial charge in [0.2, 0.25) is 5.91 Å². The second kappa shape index (κ2) is 8.61. The lowest BCUT2D eigenvalue weighted by Crippen LogP contribution is -2.47. The summed E-state index contributed by atoms with van der Waals surface area (Å²) in [6, 6.07) is 8.82. The first-order valence-corrected chi connectivity index (χ1v) is 10.2. The quantitative estimate of drug-likeness (QED) is 0.794. The van der Waals surface area contributed by atoms with Crippen LogP contribution in [0.3, 0.4) is 0 Å². The Kier molecular flexibility index (Phi) is 6.43. The van der Waals surface area contributed by atoms with Gasteiger partial charge in [0, 0.05) is 46.4 Å². The molecule has 1 aromatic rings. The Morgan fingerprint density at radius 2 is 1.74 bits per heavy atom. The monoisotopic (exact) mass is 374 g/mol. The van der Waals surface area contributed by atoms with E-state index in [2.05, 4.69) is 30.9 Å². The minimum Gasteiger partial charge on any atom is -0.490 e. The first-order valence-electron chi connectivity index (χ1n) is 10.2. The summed E-state index contributed by atoms with van der Waals surface area (Å²) in [4.78, 5) is 17.2. The molecule has 0 spiro atoms. The number of carbonyl (C=O) groups excluding carboxylic acids is 1. The Morgan fingerprint density at radius 3 is 2.26 bits per heavy atom. The highest BCUT2D eigenvalue weighted by Gasteiger charge is 2.42. The number of amides is 1. The molecule has 0 aliphatic carbocycles. The van der Waals surface area contributed by atoms with E-state index >= 15 is 0 Å². The van der Waals surface area contributed by atoms with Gasteiger partial charge in [-0.2, -0.15) is 0 Å². The molecule has 5 nitrogen and oxygen atoms in total. The van der Waals surface area contributed by atoms with Crippen molar-refractivity contribution in [3.63, 3.8) is 0 Å². The maximum atomic E-state index is 12.9. The normalized spacial score (nSPS) is 21.2. The predicted molar refractivity (Wildman–Crippen MR) is 107 cm³/mol. The molecular formula is C22H34N2O3. The van der Waals surface area contributed by atoms with Crippen molar-refractivity contribution < 1.29 is 14.3 Å². The summed E-state index contributed by atoms with van der Waals surface area (Å²) in [5, 5.41) is 0. The number of hydrogen-bond acceptors (Lipinski definition) is 4. The molecule has 2 heterocycles. The van der Waals surface area contributed by atoms with Crippen LogP contribution in [0.5, 0.6) is 5.75 Å². The number of carbonyl (C=O) groups is 1. The van der Waals surface area contributed by atoms with Crippen LogP contribution < -0.4 is 4.74 Å². The lowest BCUT2D eigenvalue weighted by Gasteiger charge is -2.38. The van der Waals surface area contributed by atoms with Gasteiger partial charge in [-0.1, -0.05) is 12.1 Å². The Morgan fingerprint density at radius 1 is 1.15 bits per heavy atom. The van der Waals surface area contributed by atoms with Crippen molar-refractivity contribution in [2.75, 3.05) is 40.4 Å². The second-order valence-corrected chi connectivity index (χ2v) is 8.37. The van der Waals surface area contributed by atoms with E-state index in [0.717, 1.165) is 50.1 Å². The van der Waals surface area contributed by atoms with Gasteiger partial charge in [0.05, 0.1) is 5.41 Å². The number of hydrogen-bond donors (Lipinski definition) is 0.